The molecule has 3 nitrogen and oxygen atoms in total. The molecule has 0 amide bonds. The van der Waals surface area contributed by atoms with Gasteiger partial charge in [0.2, 0.25) is 0 Å². The van der Waals surface area contributed by atoms with Gasteiger partial charge in [-0.05, 0) is 24.1 Å². The van der Waals surface area contributed by atoms with Crippen LogP contribution in [0.15, 0.2) is 24.3 Å². The molecule has 0 radical (unpaired) electrons. The molecule has 0 aliphatic carbocycles. The van der Waals surface area contributed by atoms with Crippen LogP contribution in [0.1, 0.15) is 5.56 Å². The first-order valence-corrected chi connectivity index (χ1v) is 5.93. The van der Waals surface area contributed by atoms with Crippen LogP contribution in [0.4, 0.5) is 0 Å². The molecule has 0 N–H and O–H groups in total. The molecule has 0 aromatic heterocycles. The summed E-state index contributed by atoms with van der Waals surface area (Å²) in [4.78, 5) is 0. The molecular formula is C9H7ClO3S. The lowest BCUT2D eigenvalue weighted by Crippen LogP contribution is -1.84. The van der Waals surface area contributed by atoms with E-state index >= 15 is 0 Å². The molecule has 14 heavy (non-hydrogen) atoms. The summed E-state index contributed by atoms with van der Waals surface area (Å²) in [6, 6.07) is 6.73. The van der Waals surface area contributed by atoms with Gasteiger partial charge in [0.1, 0.15) is 5.75 Å². The van der Waals surface area contributed by atoms with Crippen molar-refractivity contribution in [2.24, 2.45) is 0 Å². The normalized spacial score (nSPS) is 10.1. The Bertz CT molecular complexity index is 482. The van der Waals surface area contributed by atoms with Crippen LogP contribution in [0.2, 0.25) is 0 Å². The fourth-order valence-electron chi connectivity index (χ4n) is 0.821. The monoisotopic (exact) mass is 230 g/mol. The number of ether oxygens (including phenoxy) is 1. The van der Waals surface area contributed by atoms with Crippen LogP contribution in [0.5, 0.6) is 5.75 Å². The average Bonchev–Trinajstić information content (AvgIpc) is 2.14. The number of methoxy groups -OCH3 is 1. The van der Waals surface area contributed by atoms with E-state index in [1.807, 2.05) is 5.25 Å². The van der Waals surface area contributed by atoms with E-state index in [1.165, 1.54) is 7.11 Å². The second kappa shape index (κ2) is 4.36. The molecule has 0 heterocycles. The van der Waals surface area contributed by atoms with Crippen molar-refractivity contribution >= 4 is 19.7 Å². The third-order valence-electron chi connectivity index (χ3n) is 1.39. The molecule has 0 unspecified atom stereocenters. The largest absolute Gasteiger partial charge is 0.497 e. The maximum atomic E-state index is 10.5. The molecule has 74 valence electrons. The molecule has 5 heteroatoms. The average molecular weight is 231 g/mol. The van der Waals surface area contributed by atoms with Gasteiger partial charge in [0.05, 0.1) is 7.11 Å². The Labute approximate surface area is 87.1 Å². The number of benzene rings is 1. The fraction of sp³-hybridized carbons (Fsp3) is 0.111. The first kappa shape index (κ1) is 10.9. The molecule has 0 aliphatic heterocycles. The molecule has 0 saturated carbocycles. The topological polar surface area (TPSA) is 43.4 Å². The van der Waals surface area contributed by atoms with E-state index < -0.39 is 9.05 Å². The minimum absolute atomic E-state index is 0.536. The van der Waals surface area contributed by atoms with Gasteiger partial charge in [0.15, 0.2) is 0 Å². The summed E-state index contributed by atoms with van der Waals surface area (Å²) in [6.45, 7) is 0. The standard InChI is InChI=1S/C9H7ClO3S/c1-13-9-4-2-3-8(7-9)5-6-14(10,11)12/h2-4,7H,1H3. The highest BCUT2D eigenvalue weighted by Crippen LogP contribution is 2.11. The van der Waals surface area contributed by atoms with Gasteiger partial charge in [-0.1, -0.05) is 6.07 Å². The Kier molecular flexibility index (Phi) is 3.39. The van der Waals surface area contributed by atoms with Crippen molar-refractivity contribution < 1.29 is 13.2 Å². The molecule has 0 saturated heterocycles. The number of hydrogen-bond donors (Lipinski definition) is 0. The van der Waals surface area contributed by atoms with Gasteiger partial charge in [0, 0.05) is 21.5 Å². The summed E-state index contributed by atoms with van der Waals surface area (Å²) in [5, 5.41) is 1.92. The van der Waals surface area contributed by atoms with E-state index in [0.29, 0.717) is 11.3 Å². The zero-order valence-corrected chi connectivity index (χ0v) is 8.89. The maximum absolute atomic E-state index is 10.5. The Hall–Kier alpha value is -1.18. The summed E-state index contributed by atoms with van der Waals surface area (Å²) in [5.41, 5.74) is 0.536. The Morgan fingerprint density at radius 1 is 1.43 bits per heavy atom. The van der Waals surface area contributed by atoms with Gasteiger partial charge in [-0.3, -0.25) is 0 Å². The Balaban J connectivity index is 3.02. The zero-order chi connectivity index (χ0) is 10.6. The van der Waals surface area contributed by atoms with E-state index in [-0.39, 0.29) is 0 Å². The van der Waals surface area contributed by atoms with Crippen molar-refractivity contribution in [3.63, 3.8) is 0 Å². The number of halogens is 1. The summed E-state index contributed by atoms with van der Waals surface area (Å²) >= 11 is 0. The molecule has 0 bridgehead atoms. The van der Waals surface area contributed by atoms with E-state index in [9.17, 15) is 8.42 Å². The van der Waals surface area contributed by atoms with E-state index in [2.05, 4.69) is 5.92 Å². The predicted molar refractivity (Wildman–Crippen MR) is 54.6 cm³/mol. The van der Waals surface area contributed by atoms with Crippen molar-refractivity contribution in [1.29, 1.82) is 0 Å². The molecule has 1 aromatic rings. The summed E-state index contributed by atoms with van der Waals surface area (Å²) in [5.74, 6) is 3.02. The van der Waals surface area contributed by atoms with Crippen molar-refractivity contribution in [3.05, 3.63) is 29.8 Å². The van der Waals surface area contributed by atoms with Crippen LogP contribution < -0.4 is 4.74 Å². The molecule has 0 aliphatic rings. The first-order valence-electron chi connectivity index (χ1n) is 3.63. The van der Waals surface area contributed by atoms with Crippen LogP contribution in [-0.4, -0.2) is 15.5 Å². The van der Waals surface area contributed by atoms with Crippen LogP contribution in [0, 0.1) is 11.2 Å². The summed E-state index contributed by atoms with van der Waals surface area (Å²) in [6.07, 6.45) is 0. The summed E-state index contributed by atoms with van der Waals surface area (Å²) in [7, 11) is 2.67. The molecule has 1 aromatic carbocycles. The third kappa shape index (κ3) is 3.69. The highest BCUT2D eigenvalue weighted by atomic mass is 35.7. The van der Waals surface area contributed by atoms with Crippen LogP contribution in [-0.2, 0) is 9.05 Å². The van der Waals surface area contributed by atoms with Crippen LogP contribution in [0.3, 0.4) is 0 Å². The van der Waals surface area contributed by atoms with Crippen LogP contribution in [0.25, 0.3) is 0 Å². The molecule has 0 atom stereocenters. The van der Waals surface area contributed by atoms with Gasteiger partial charge in [0.25, 0.3) is 0 Å². The fourth-order valence-corrected chi connectivity index (χ4v) is 1.18. The van der Waals surface area contributed by atoms with Gasteiger partial charge >= 0.3 is 9.05 Å². The van der Waals surface area contributed by atoms with Crippen molar-refractivity contribution in [1.82, 2.24) is 0 Å². The highest BCUT2D eigenvalue weighted by molar-refractivity contribution is 8.17. The zero-order valence-electron chi connectivity index (χ0n) is 7.32. The van der Waals surface area contributed by atoms with E-state index in [4.69, 9.17) is 15.4 Å². The van der Waals surface area contributed by atoms with E-state index in [0.717, 1.165) is 0 Å². The minimum Gasteiger partial charge on any atom is -0.497 e. The lowest BCUT2D eigenvalue weighted by molar-refractivity contribution is 0.414. The first-order chi connectivity index (χ1) is 6.51. The lowest BCUT2D eigenvalue weighted by Gasteiger charge is -1.97. The van der Waals surface area contributed by atoms with Gasteiger partial charge in [-0.25, -0.2) is 0 Å². The Morgan fingerprint density at radius 3 is 2.71 bits per heavy atom. The number of rotatable bonds is 1. The maximum Gasteiger partial charge on any atom is 0.301 e. The number of hydrogen-bond acceptors (Lipinski definition) is 3. The third-order valence-corrected chi connectivity index (χ3v) is 1.96. The second-order valence-corrected chi connectivity index (χ2v) is 4.70. The quantitative estimate of drug-likeness (QED) is 0.543. The highest BCUT2D eigenvalue weighted by Gasteiger charge is 1.96. The van der Waals surface area contributed by atoms with Crippen molar-refractivity contribution in [2.45, 2.75) is 0 Å². The van der Waals surface area contributed by atoms with Gasteiger partial charge < -0.3 is 4.74 Å². The lowest BCUT2D eigenvalue weighted by atomic mass is 10.2. The smallest absolute Gasteiger partial charge is 0.301 e. The van der Waals surface area contributed by atoms with E-state index in [1.54, 1.807) is 24.3 Å². The van der Waals surface area contributed by atoms with Crippen molar-refractivity contribution in [2.75, 3.05) is 7.11 Å². The Morgan fingerprint density at radius 2 is 2.14 bits per heavy atom. The predicted octanol–water partition coefficient (Wildman–Crippen LogP) is 1.57. The molecular weight excluding hydrogens is 224 g/mol. The van der Waals surface area contributed by atoms with Crippen molar-refractivity contribution in [3.8, 4) is 16.9 Å². The SMILES string of the molecule is COc1cccc(C#CS(=O)(=O)Cl)c1. The van der Waals surface area contributed by atoms with Gasteiger partial charge in [-0.15, -0.1) is 0 Å². The van der Waals surface area contributed by atoms with Gasteiger partial charge in [-0.2, -0.15) is 8.42 Å². The van der Waals surface area contributed by atoms with Crippen LogP contribution >= 0.6 is 10.7 Å². The summed E-state index contributed by atoms with van der Waals surface area (Å²) < 4.78 is 26.0. The molecule has 0 fully saturated rings. The molecule has 0 spiro atoms. The minimum atomic E-state index is -3.77. The second-order valence-electron chi connectivity index (χ2n) is 2.40. The molecule has 1 rings (SSSR count).